The lowest BCUT2D eigenvalue weighted by molar-refractivity contribution is 0.272. The molecule has 0 unspecified atom stereocenters. The van der Waals surface area contributed by atoms with Gasteiger partial charge in [0, 0.05) is 31.4 Å². The third kappa shape index (κ3) is 4.63. The molecule has 2 aromatic heterocycles. The van der Waals surface area contributed by atoms with Gasteiger partial charge in [0.15, 0.2) is 4.77 Å². The number of benzene rings is 2. The first-order valence-corrected chi connectivity index (χ1v) is 10.4. The number of hydrogen-bond acceptors (Lipinski definition) is 3. The van der Waals surface area contributed by atoms with Crippen LogP contribution in [0.5, 0.6) is 0 Å². The summed E-state index contributed by atoms with van der Waals surface area (Å²) in [6, 6.07) is 25.2. The molecule has 0 N–H and O–H groups in total. The summed E-state index contributed by atoms with van der Waals surface area (Å²) in [6.45, 7) is 2.58. The number of nitrogens with zero attached hydrogens (tertiary/aromatic N) is 4. The molecule has 5 heteroatoms. The van der Waals surface area contributed by atoms with E-state index >= 15 is 0 Å². The quantitative estimate of drug-likeness (QED) is 0.390. The smallest absolute Gasteiger partial charge is 0.181 e. The second-order valence-corrected chi connectivity index (χ2v) is 7.74. The molecule has 0 aliphatic carbocycles. The van der Waals surface area contributed by atoms with E-state index in [1.807, 2.05) is 18.3 Å². The highest BCUT2D eigenvalue weighted by molar-refractivity contribution is 7.71. The van der Waals surface area contributed by atoms with E-state index in [0.717, 1.165) is 43.1 Å². The maximum absolute atomic E-state index is 5.89. The van der Waals surface area contributed by atoms with Crippen LogP contribution in [0.15, 0.2) is 79.0 Å². The van der Waals surface area contributed by atoms with Gasteiger partial charge in [-0.3, -0.25) is 9.88 Å². The van der Waals surface area contributed by atoms with Gasteiger partial charge in [-0.05, 0) is 55.5 Å². The molecule has 0 radical (unpaired) electrons. The Morgan fingerprint density at radius 3 is 2.24 bits per heavy atom. The third-order valence-electron chi connectivity index (χ3n) is 5.25. The Hall–Kier alpha value is -2.76. The van der Waals surface area contributed by atoms with Crippen LogP contribution in [0.1, 0.15) is 11.3 Å². The summed E-state index contributed by atoms with van der Waals surface area (Å²) >= 11 is 5.89. The number of rotatable bonds is 8. The van der Waals surface area contributed by atoms with Crippen molar-refractivity contribution in [3.8, 4) is 0 Å². The van der Waals surface area contributed by atoms with Crippen molar-refractivity contribution in [2.45, 2.75) is 26.1 Å². The van der Waals surface area contributed by atoms with Gasteiger partial charge in [-0.2, -0.15) is 0 Å². The maximum atomic E-state index is 5.89. The van der Waals surface area contributed by atoms with Crippen LogP contribution in [0.3, 0.4) is 0 Å². The van der Waals surface area contributed by atoms with Crippen molar-refractivity contribution in [2.24, 2.45) is 0 Å². The van der Waals surface area contributed by atoms with Crippen molar-refractivity contribution in [2.75, 3.05) is 13.6 Å². The predicted molar refractivity (Wildman–Crippen MR) is 121 cm³/mol. The number of aromatic nitrogens is 3. The Bertz CT molecular complexity index is 1120. The average Bonchev–Trinajstić information content (AvgIpc) is 3.03. The summed E-state index contributed by atoms with van der Waals surface area (Å²) in [6.07, 6.45) is 3.75. The monoisotopic (exact) mass is 402 g/mol. The van der Waals surface area contributed by atoms with E-state index in [9.17, 15) is 0 Å². The topological polar surface area (TPSA) is 26.0 Å². The second kappa shape index (κ2) is 9.16. The highest BCUT2D eigenvalue weighted by Gasteiger charge is 2.12. The van der Waals surface area contributed by atoms with Crippen LogP contribution in [0, 0.1) is 4.77 Å². The van der Waals surface area contributed by atoms with Gasteiger partial charge in [0.1, 0.15) is 0 Å². The Labute approximate surface area is 177 Å². The van der Waals surface area contributed by atoms with Crippen molar-refractivity contribution in [1.29, 1.82) is 0 Å². The molecule has 148 valence electrons. The van der Waals surface area contributed by atoms with E-state index in [1.165, 1.54) is 16.6 Å². The van der Waals surface area contributed by atoms with Gasteiger partial charge in [-0.15, -0.1) is 0 Å². The van der Waals surface area contributed by atoms with Crippen molar-refractivity contribution in [1.82, 2.24) is 19.0 Å². The third-order valence-corrected chi connectivity index (χ3v) is 5.69. The fourth-order valence-electron chi connectivity index (χ4n) is 3.67. The van der Waals surface area contributed by atoms with Crippen LogP contribution in [0.4, 0.5) is 0 Å². The van der Waals surface area contributed by atoms with E-state index in [-0.39, 0.29) is 0 Å². The van der Waals surface area contributed by atoms with Gasteiger partial charge in [-0.1, -0.05) is 48.5 Å². The minimum Gasteiger partial charge on any atom is -0.316 e. The molecule has 0 aliphatic heterocycles. The molecule has 4 nitrogen and oxygen atoms in total. The van der Waals surface area contributed by atoms with Crippen LogP contribution in [0.25, 0.3) is 11.0 Å². The number of pyridine rings is 1. The number of aryl methyl sites for hydroxylation is 2. The van der Waals surface area contributed by atoms with Crippen molar-refractivity contribution in [3.63, 3.8) is 0 Å². The summed E-state index contributed by atoms with van der Waals surface area (Å²) in [5, 5.41) is 0. The summed E-state index contributed by atoms with van der Waals surface area (Å²) in [5.41, 5.74) is 4.84. The SMILES string of the molecule is CN(CCc1ccccn1)Cn1c(=S)n(CCc2ccccc2)c2ccccc21. The van der Waals surface area contributed by atoms with E-state index in [2.05, 4.69) is 86.7 Å². The second-order valence-electron chi connectivity index (χ2n) is 7.38. The van der Waals surface area contributed by atoms with Crippen molar-refractivity contribution in [3.05, 3.63) is 95.0 Å². The molecule has 0 spiro atoms. The van der Waals surface area contributed by atoms with Crippen molar-refractivity contribution >= 4 is 23.3 Å². The summed E-state index contributed by atoms with van der Waals surface area (Å²) < 4.78 is 5.39. The number of fused-ring (bicyclic) bond motifs is 1. The first-order valence-electron chi connectivity index (χ1n) is 10.0. The lowest BCUT2D eigenvalue weighted by Crippen LogP contribution is -2.25. The molecule has 2 aromatic carbocycles. The lowest BCUT2D eigenvalue weighted by Gasteiger charge is -2.17. The average molecular weight is 403 g/mol. The molecule has 0 saturated heterocycles. The molecule has 29 heavy (non-hydrogen) atoms. The van der Waals surface area contributed by atoms with E-state index in [0.29, 0.717) is 0 Å². The van der Waals surface area contributed by atoms with E-state index < -0.39 is 0 Å². The Morgan fingerprint density at radius 2 is 1.52 bits per heavy atom. The molecule has 0 aliphatic rings. The molecule has 2 heterocycles. The Morgan fingerprint density at radius 1 is 0.828 bits per heavy atom. The highest BCUT2D eigenvalue weighted by Crippen LogP contribution is 2.19. The minimum atomic E-state index is 0.768. The zero-order valence-electron chi connectivity index (χ0n) is 16.7. The summed E-state index contributed by atoms with van der Waals surface area (Å²) in [7, 11) is 2.14. The number of likely N-dealkylation sites (N-methyl/N-ethyl adjacent to an activating group) is 1. The minimum absolute atomic E-state index is 0.768. The standard InChI is InChI=1S/C24H26N4S/c1-26(17-15-21-11-7-8-16-25-21)19-28-23-13-6-5-12-22(23)27(24(28)29)18-14-20-9-3-2-4-10-20/h2-13,16H,14-15,17-19H2,1H3. The molecule has 0 amide bonds. The molecular weight excluding hydrogens is 376 g/mol. The molecule has 4 aromatic rings. The molecule has 4 rings (SSSR count). The zero-order chi connectivity index (χ0) is 20.1. The van der Waals surface area contributed by atoms with Crippen LogP contribution in [-0.2, 0) is 26.1 Å². The Kier molecular flexibility index (Phi) is 6.17. The molecule has 0 bridgehead atoms. The van der Waals surface area contributed by atoms with Crippen LogP contribution >= 0.6 is 12.2 Å². The predicted octanol–water partition coefficient (Wildman–Crippen LogP) is 4.94. The van der Waals surface area contributed by atoms with Gasteiger partial charge in [0.2, 0.25) is 0 Å². The van der Waals surface area contributed by atoms with Crippen molar-refractivity contribution < 1.29 is 0 Å². The fourth-order valence-corrected chi connectivity index (χ4v) is 4.02. The highest BCUT2D eigenvalue weighted by atomic mass is 32.1. The van der Waals surface area contributed by atoms with E-state index in [1.54, 1.807) is 0 Å². The van der Waals surface area contributed by atoms with Gasteiger partial charge in [0.05, 0.1) is 17.7 Å². The normalized spacial score (nSPS) is 11.4. The van der Waals surface area contributed by atoms with Crippen LogP contribution in [-0.4, -0.2) is 32.6 Å². The van der Waals surface area contributed by atoms with E-state index in [4.69, 9.17) is 12.2 Å². The van der Waals surface area contributed by atoms with Gasteiger partial charge in [-0.25, -0.2) is 0 Å². The fraction of sp³-hybridized carbons (Fsp3) is 0.250. The van der Waals surface area contributed by atoms with Gasteiger partial charge >= 0.3 is 0 Å². The largest absolute Gasteiger partial charge is 0.316 e. The maximum Gasteiger partial charge on any atom is 0.181 e. The van der Waals surface area contributed by atoms with Gasteiger partial charge < -0.3 is 9.13 Å². The summed E-state index contributed by atoms with van der Waals surface area (Å²) in [5.74, 6) is 0. The molecule has 0 saturated carbocycles. The molecule has 0 fully saturated rings. The first kappa shape index (κ1) is 19.6. The number of hydrogen-bond donors (Lipinski definition) is 0. The molecular formula is C24H26N4S. The number of imidazole rings is 1. The Balaban J connectivity index is 1.53. The zero-order valence-corrected chi connectivity index (χ0v) is 17.6. The number of para-hydroxylation sites is 2. The molecule has 0 atom stereocenters. The lowest BCUT2D eigenvalue weighted by atomic mass is 10.1. The van der Waals surface area contributed by atoms with Crippen LogP contribution < -0.4 is 0 Å². The summed E-state index contributed by atoms with van der Waals surface area (Å²) in [4.78, 5) is 6.73. The van der Waals surface area contributed by atoms with Gasteiger partial charge in [0.25, 0.3) is 0 Å². The van der Waals surface area contributed by atoms with Crippen LogP contribution in [0.2, 0.25) is 0 Å². The first-order chi connectivity index (χ1) is 14.2.